The predicted molar refractivity (Wildman–Crippen MR) is 71.2 cm³/mol. The van der Waals surface area contributed by atoms with E-state index in [4.69, 9.17) is 0 Å². The fourth-order valence-electron chi connectivity index (χ4n) is 3.52. The number of carboxylic acids is 1. The second kappa shape index (κ2) is 4.80. The van der Waals surface area contributed by atoms with Crippen molar-refractivity contribution in [2.75, 3.05) is 0 Å². The Kier molecular flexibility index (Phi) is 3.13. The number of hydrogen-bond acceptors (Lipinski definition) is 1. The van der Waals surface area contributed by atoms with Gasteiger partial charge in [0.15, 0.2) is 0 Å². The fraction of sp³-hybridized carbons (Fsp3) is 0.438. The van der Waals surface area contributed by atoms with E-state index >= 15 is 0 Å². The molecule has 0 radical (unpaired) electrons. The lowest BCUT2D eigenvalue weighted by Crippen LogP contribution is -2.17. The number of allylic oxidation sites excluding steroid dienone is 1. The molecule has 0 amide bonds. The van der Waals surface area contributed by atoms with Gasteiger partial charge in [0.25, 0.3) is 0 Å². The van der Waals surface area contributed by atoms with Gasteiger partial charge in [0.1, 0.15) is 5.82 Å². The lowest BCUT2D eigenvalue weighted by atomic mass is 9.78. The van der Waals surface area contributed by atoms with Crippen LogP contribution < -0.4 is 0 Å². The predicted octanol–water partition coefficient (Wildman–Crippen LogP) is 3.80. The van der Waals surface area contributed by atoms with Crippen molar-refractivity contribution < 1.29 is 14.3 Å². The van der Waals surface area contributed by atoms with Gasteiger partial charge < -0.3 is 5.11 Å². The zero-order valence-corrected chi connectivity index (χ0v) is 10.8. The highest BCUT2D eigenvalue weighted by atomic mass is 19.1. The van der Waals surface area contributed by atoms with Crippen LogP contribution in [0.25, 0.3) is 5.57 Å². The van der Waals surface area contributed by atoms with E-state index in [9.17, 15) is 14.3 Å². The number of rotatable bonds is 2. The van der Waals surface area contributed by atoms with Crippen LogP contribution in [0.2, 0.25) is 0 Å². The Bertz CT molecular complexity index is 554. The van der Waals surface area contributed by atoms with Crippen molar-refractivity contribution in [3.05, 3.63) is 40.7 Å². The van der Waals surface area contributed by atoms with Crippen molar-refractivity contribution in [2.45, 2.75) is 38.5 Å². The lowest BCUT2D eigenvalue weighted by molar-refractivity contribution is -0.132. The summed E-state index contributed by atoms with van der Waals surface area (Å²) in [6.45, 7) is 0. The van der Waals surface area contributed by atoms with Crippen molar-refractivity contribution in [1.82, 2.24) is 0 Å². The van der Waals surface area contributed by atoms with E-state index in [0.717, 1.165) is 36.8 Å². The van der Waals surface area contributed by atoms with Gasteiger partial charge in [-0.3, -0.25) is 0 Å². The molecule has 0 unspecified atom stereocenters. The van der Waals surface area contributed by atoms with Gasteiger partial charge in [-0.15, -0.1) is 0 Å². The molecule has 19 heavy (non-hydrogen) atoms. The molecule has 0 atom stereocenters. The maximum absolute atomic E-state index is 13.9. The molecule has 2 aliphatic carbocycles. The van der Waals surface area contributed by atoms with Crippen molar-refractivity contribution >= 4 is 11.5 Å². The van der Waals surface area contributed by atoms with E-state index in [0.29, 0.717) is 29.9 Å². The smallest absolute Gasteiger partial charge is 0.331 e. The van der Waals surface area contributed by atoms with Crippen LogP contribution in [0.4, 0.5) is 4.39 Å². The maximum Gasteiger partial charge on any atom is 0.331 e. The minimum atomic E-state index is -0.836. The van der Waals surface area contributed by atoms with Gasteiger partial charge >= 0.3 is 5.97 Å². The maximum atomic E-state index is 13.9. The summed E-state index contributed by atoms with van der Waals surface area (Å²) in [6.07, 6.45) is 5.30. The van der Waals surface area contributed by atoms with Crippen molar-refractivity contribution in [2.24, 2.45) is 5.92 Å². The molecule has 1 aromatic carbocycles. The summed E-state index contributed by atoms with van der Waals surface area (Å²) >= 11 is 0. The molecule has 0 aromatic heterocycles. The summed E-state index contributed by atoms with van der Waals surface area (Å²) < 4.78 is 13.9. The van der Waals surface area contributed by atoms with Gasteiger partial charge in [-0.05, 0) is 54.4 Å². The first kappa shape index (κ1) is 12.4. The molecule has 3 rings (SSSR count). The van der Waals surface area contributed by atoms with Gasteiger partial charge in [-0.2, -0.15) is 0 Å². The minimum absolute atomic E-state index is 0.197. The molecule has 0 bridgehead atoms. The number of carbonyl (C=O) groups is 1. The Morgan fingerprint density at radius 3 is 2.63 bits per heavy atom. The second-order valence-corrected chi connectivity index (χ2v) is 5.44. The van der Waals surface area contributed by atoms with Gasteiger partial charge in [-0.1, -0.05) is 25.0 Å². The summed E-state index contributed by atoms with van der Waals surface area (Å²) in [5.41, 5.74) is 2.96. The Labute approximate surface area is 112 Å². The van der Waals surface area contributed by atoms with Gasteiger partial charge in [-0.25, -0.2) is 9.18 Å². The normalized spacial score (nSPS) is 19.6. The topological polar surface area (TPSA) is 37.3 Å². The molecular weight excluding hydrogens is 243 g/mol. The van der Waals surface area contributed by atoms with E-state index in [1.807, 2.05) is 6.07 Å². The van der Waals surface area contributed by atoms with Crippen LogP contribution in [0.5, 0.6) is 0 Å². The van der Waals surface area contributed by atoms with Crippen LogP contribution in [0, 0.1) is 11.7 Å². The SMILES string of the molecule is O=C(O)C1=C(C2CCCC2)c2cccc(F)c2CC1. The summed E-state index contributed by atoms with van der Waals surface area (Å²) in [5.74, 6) is -0.735. The quantitative estimate of drug-likeness (QED) is 0.878. The molecule has 1 aromatic rings. The van der Waals surface area contributed by atoms with Crippen molar-refractivity contribution in [3.8, 4) is 0 Å². The monoisotopic (exact) mass is 260 g/mol. The van der Waals surface area contributed by atoms with E-state index in [2.05, 4.69) is 0 Å². The van der Waals surface area contributed by atoms with Crippen LogP contribution in [-0.4, -0.2) is 11.1 Å². The second-order valence-electron chi connectivity index (χ2n) is 5.44. The molecule has 0 heterocycles. The molecule has 0 aliphatic heterocycles. The molecule has 0 spiro atoms. The van der Waals surface area contributed by atoms with Crippen LogP contribution in [0.3, 0.4) is 0 Å². The highest BCUT2D eigenvalue weighted by Gasteiger charge is 2.31. The molecular formula is C16H17FO2. The minimum Gasteiger partial charge on any atom is -0.478 e. The van der Waals surface area contributed by atoms with E-state index in [1.54, 1.807) is 6.07 Å². The molecule has 1 N–H and O–H groups in total. The zero-order valence-electron chi connectivity index (χ0n) is 10.8. The number of hydrogen-bond donors (Lipinski definition) is 1. The number of aliphatic carboxylic acids is 1. The lowest BCUT2D eigenvalue weighted by Gasteiger charge is -2.26. The highest BCUT2D eigenvalue weighted by Crippen LogP contribution is 2.43. The average Bonchev–Trinajstić information content (AvgIpc) is 2.91. The molecule has 1 fully saturated rings. The first-order valence-electron chi connectivity index (χ1n) is 6.92. The first-order chi connectivity index (χ1) is 9.18. The highest BCUT2D eigenvalue weighted by molar-refractivity contribution is 5.98. The molecule has 1 saturated carbocycles. The van der Waals surface area contributed by atoms with E-state index < -0.39 is 5.97 Å². The Morgan fingerprint density at radius 2 is 1.95 bits per heavy atom. The van der Waals surface area contributed by atoms with Gasteiger partial charge in [0.05, 0.1) is 0 Å². The third-order valence-electron chi connectivity index (χ3n) is 4.38. The Morgan fingerprint density at radius 1 is 1.21 bits per heavy atom. The zero-order chi connectivity index (χ0) is 13.4. The molecule has 0 saturated heterocycles. The third-order valence-corrected chi connectivity index (χ3v) is 4.38. The number of fused-ring (bicyclic) bond motifs is 1. The first-order valence-corrected chi connectivity index (χ1v) is 6.92. The van der Waals surface area contributed by atoms with Crippen LogP contribution in [0.15, 0.2) is 23.8 Å². The molecule has 100 valence electrons. The molecule has 3 heteroatoms. The Balaban J connectivity index is 2.17. The molecule has 2 aliphatic rings. The van der Waals surface area contributed by atoms with E-state index in [-0.39, 0.29) is 5.82 Å². The summed E-state index contributed by atoms with van der Waals surface area (Å²) in [4.78, 5) is 11.5. The van der Waals surface area contributed by atoms with Gasteiger partial charge in [0, 0.05) is 5.57 Å². The third kappa shape index (κ3) is 2.07. The van der Waals surface area contributed by atoms with Gasteiger partial charge in [0.2, 0.25) is 0 Å². The standard InChI is InChI=1S/C16H17FO2/c17-14-7-3-6-12-11(14)8-9-13(16(18)19)15(12)10-4-1-2-5-10/h3,6-7,10H,1-2,4-5,8-9H2,(H,18,19). The summed E-state index contributed by atoms with van der Waals surface area (Å²) in [7, 11) is 0. The fourth-order valence-corrected chi connectivity index (χ4v) is 3.52. The Hall–Kier alpha value is -1.64. The number of benzene rings is 1. The van der Waals surface area contributed by atoms with Crippen LogP contribution >= 0.6 is 0 Å². The largest absolute Gasteiger partial charge is 0.478 e. The van der Waals surface area contributed by atoms with Crippen LogP contribution in [0.1, 0.15) is 43.2 Å². The molecule has 2 nitrogen and oxygen atoms in total. The summed E-state index contributed by atoms with van der Waals surface area (Å²) in [6, 6.07) is 5.04. The summed E-state index contributed by atoms with van der Waals surface area (Å²) in [5, 5.41) is 9.41. The van der Waals surface area contributed by atoms with Crippen molar-refractivity contribution in [3.63, 3.8) is 0 Å². The number of halogens is 1. The van der Waals surface area contributed by atoms with Crippen molar-refractivity contribution in [1.29, 1.82) is 0 Å². The average molecular weight is 260 g/mol. The number of carboxylic acid groups (broad SMARTS) is 1. The van der Waals surface area contributed by atoms with Crippen LogP contribution in [-0.2, 0) is 11.2 Å². The van der Waals surface area contributed by atoms with E-state index in [1.165, 1.54) is 6.07 Å².